The summed E-state index contributed by atoms with van der Waals surface area (Å²) in [6.07, 6.45) is 1.68. The van der Waals surface area contributed by atoms with Gasteiger partial charge in [0.05, 0.1) is 0 Å². The van der Waals surface area contributed by atoms with Crippen molar-refractivity contribution in [3.63, 3.8) is 0 Å². The van der Waals surface area contributed by atoms with Crippen LogP contribution in [-0.2, 0) is 5.41 Å². The van der Waals surface area contributed by atoms with Gasteiger partial charge >= 0.3 is 0 Å². The van der Waals surface area contributed by atoms with Gasteiger partial charge in [0.2, 0.25) is 0 Å². The number of hydrogen-bond donors (Lipinski definition) is 1. The highest BCUT2D eigenvalue weighted by Gasteiger charge is 2.19. The van der Waals surface area contributed by atoms with E-state index < -0.39 is 0 Å². The Morgan fingerprint density at radius 2 is 1.83 bits per heavy atom. The minimum absolute atomic E-state index is 0.0512. The van der Waals surface area contributed by atoms with Crippen molar-refractivity contribution >= 4 is 5.82 Å². The molecule has 0 radical (unpaired) electrons. The third-order valence-electron chi connectivity index (χ3n) is 2.89. The van der Waals surface area contributed by atoms with Crippen molar-refractivity contribution < 1.29 is 4.39 Å². The van der Waals surface area contributed by atoms with Crippen LogP contribution in [0.4, 0.5) is 10.2 Å². The molecule has 3 heteroatoms. The molecule has 0 bridgehead atoms. The van der Waals surface area contributed by atoms with Gasteiger partial charge in [0.1, 0.15) is 11.6 Å². The summed E-state index contributed by atoms with van der Waals surface area (Å²) in [5.41, 5.74) is 8.37. The summed E-state index contributed by atoms with van der Waals surface area (Å²) in [6, 6.07) is 8.47. The minimum Gasteiger partial charge on any atom is -0.384 e. The number of pyridine rings is 1. The molecule has 0 aliphatic rings. The first kappa shape index (κ1) is 12.6. The van der Waals surface area contributed by atoms with Gasteiger partial charge in [-0.15, -0.1) is 0 Å². The SMILES string of the molecule is CC(C)(C)c1ccc(F)cc1-c1ccc(N)nc1. The molecule has 2 N–H and O–H groups in total. The lowest BCUT2D eigenvalue weighted by atomic mass is 9.82. The largest absolute Gasteiger partial charge is 0.384 e. The fourth-order valence-electron chi connectivity index (χ4n) is 1.97. The number of aromatic nitrogens is 1. The van der Waals surface area contributed by atoms with Crippen LogP contribution in [0.5, 0.6) is 0 Å². The standard InChI is InChI=1S/C15H17FN2/c1-15(2,3)13-6-5-11(16)8-12(13)10-4-7-14(17)18-9-10/h4-9H,1-3H3,(H2,17,18). The Kier molecular flexibility index (Phi) is 3.07. The molecule has 1 heterocycles. The number of nitrogens with zero attached hydrogens (tertiary/aromatic N) is 1. The Hall–Kier alpha value is -1.90. The van der Waals surface area contributed by atoms with E-state index in [1.54, 1.807) is 18.3 Å². The number of hydrogen-bond acceptors (Lipinski definition) is 2. The molecule has 0 saturated heterocycles. The Balaban J connectivity index is 2.62. The molecule has 2 rings (SSSR count). The van der Waals surface area contributed by atoms with Crippen LogP contribution in [0.1, 0.15) is 26.3 Å². The lowest BCUT2D eigenvalue weighted by molar-refractivity contribution is 0.585. The van der Waals surface area contributed by atoms with Crippen molar-refractivity contribution in [3.05, 3.63) is 47.9 Å². The molecule has 0 amide bonds. The van der Waals surface area contributed by atoms with E-state index in [4.69, 9.17) is 5.73 Å². The van der Waals surface area contributed by atoms with Crippen LogP contribution in [0.25, 0.3) is 11.1 Å². The summed E-state index contributed by atoms with van der Waals surface area (Å²) in [7, 11) is 0. The Morgan fingerprint density at radius 3 is 2.39 bits per heavy atom. The third kappa shape index (κ3) is 2.50. The molecule has 0 saturated carbocycles. The van der Waals surface area contributed by atoms with Crippen molar-refractivity contribution in [2.45, 2.75) is 26.2 Å². The smallest absolute Gasteiger partial charge is 0.123 e. The molecular formula is C15H17FN2. The number of nitrogen functional groups attached to an aromatic ring is 1. The zero-order valence-corrected chi connectivity index (χ0v) is 10.9. The first-order chi connectivity index (χ1) is 8.38. The molecule has 18 heavy (non-hydrogen) atoms. The van der Waals surface area contributed by atoms with Crippen molar-refractivity contribution in [1.29, 1.82) is 0 Å². The average Bonchev–Trinajstić information content (AvgIpc) is 2.28. The van der Waals surface area contributed by atoms with E-state index in [2.05, 4.69) is 25.8 Å². The van der Waals surface area contributed by atoms with E-state index >= 15 is 0 Å². The zero-order chi connectivity index (χ0) is 13.3. The van der Waals surface area contributed by atoms with E-state index in [1.165, 1.54) is 6.07 Å². The van der Waals surface area contributed by atoms with E-state index in [0.29, 0.717) is 5.82 Å². The maximum absolute atomic E-state index is 13.5. The summed E-state index contributed by atoms with van der Waals surface area (Å²) in [6.45, 7) is 6.32. The molecule has 0 aliphatic carbocycles. The van der Waals surface area contributed by atoms with Crippen LogP contribution < -0.4 is 5.73 Å². The van der Waals surface area contributed by atoms with Gasteiger partial charge < -0.3 is 5.73 Å². The summed E-state index contributed by atoms with van der Waals surface area (Å²) < 4.78 is 13.5. The molecule has 94 valence electrons. The fraction of sp³-hybridized carbons (Fsp3) is 0.267. The molecule has 0 unspecified atom stereocenters. The van der Waals surface area contributed by atoms with Gasteiger partial charge in [-0.25, -0.2) is 9.37 Å². The summed E-state index contributed by atoms with van der Waals surface area (Å²) in [5, 5.41) is 0. The second kappa shape index (κ2) is 4.41. The normalized spacial score (nSPS) is 11.6. The average molecular weight is 244 g/mol. The maximum atomic E-state index is 13.5. The molecule has 2 nitrogen and oxygen atoms in total. The van der Waals surface area contributed by atoms with Crippen LogP contribution in [0.15, 0.2) is 36.5 Å². The van der Waals surface area contributed by atoms with Crippen molar-refractivity contribution in [1.82, 2.24) is 4.98 Å². The molecular weight excluding hydrogens is 227 g/mol. The number of nitrogens with two attached hydrogens (primary N) is 1. The van der Waals surface area contributed by atoms with Crippen LogP contribution in [0.3, 0.4) is 0 Å². The number of benzene rings is 1. The number of halogens is 1. The highest BCUT2D eigenvalue weighted by atomic mass is 19.1. The van der Waals surface area contributed by atoms with Crippen molar-refractivity contribution in [2.24, 2.45) is 0 Å². The van der Waals surface area contributed by atoms with E-state index in [1.807, 2.05) is 12.1 Å². The Bertz CT molecular complexity index is 554. The van der Waals surface area contributed by atoms with Crippen molar-refractivity contribution in [3.8, 4) is 11.1 Å². The highest BCUT2D eigenvalue weighted by molar-refractivity contribution is 5.68. The predicted octanol–water partition coefficient (Wildman–Crippen LogP) is 3.77. The van der Waals surface area contributed by atoms with Gasteiger partial charge in [0, 0.05) is 11.8 Å². The molecule has 0 atom stereocenters. The van der Waals surface area contributed by atoms with Gasteiger partial charge in [-0.1, -0.05) is 26.8 Å². The molecule has 1 aromatic heterocycles. The lowest BCUT2D eigenvalue weighted by Gasteiger charge is -2.23. The zero-order valence-electron chi connectivity index (χ0n) is 10.9. The van der Waals surface area contributed by atoms with Gasteiger partial charge in [0.25, 0.3) is 0 Å². The van der Waals surface area contributed by atoms with Gasteiger partial charge in [-0.2, -0.15) is 0 Å². The second-order valence-electron chi connectivity index (χ2n) is 5.41. The summed E-state index contributed by atoms with van der Waals surface area (Å²) >= 11 is 0. The molecule has 0 fully saturated rings. The monoisotopic (exact) mass is 244 g/mol. The lowest BCUT2D eigenvalue weighted by Crippen LogP contribution is -2.13. The van der Waals surface area contributed by atoms with E-state index in [9.17, 15) is 4.39 Å². The van der Waals surface area contributed by atoms with Crippen LogP contribution in [0, 0.1) is 5.82 Å². The Labute approximate surface area is 107 Å². The second-order valence-corrected chi connectivity index (χ2v) is 5.41. The Morgan fingerprint density at radius 1 is 1.11 bits per heavy atom. The summed E-state index contributed by atoms with van der Waals surface area (Å²) in [5.74, 6) is 0.224. The van der Waals surface area contributed by atoms with Gasteiger partial charge in [-0.3, -0.25) is 0 Å². The van der Waals surface area contributed by atoms with Gasteiger partial charge in [-0.05, 0) is 40.8 Å². The van der Waals surface area contributed by atoms with Gasteiger partial charge in [0.15, 0.2) is 0 Å². The van der Waals surface area contributed by atoms with Crippen molar-refractivity contribution in [2.75, 3.05) is 5.73 Å². The number of rotatable bonds is 1. The highest BCUT2D eigenvalue weighted by Crippen LogP contribution is 2.33. The third-order valence-corrected chi connectivity index (χ3v) is 2.89. The molecule has 0 spiro atoms. The molecule has 0 aliphatic heterocycles. The van der Waals surface area contributed by atoms with Crippen LogP contribution >= 0.6 is 0 Å². The van der Waals surface area contributed by atoms with Crippen LogP contribution in [-0.4, -0.2) is 4.98 Å². The quantitative estimate of drug-likeness (QED) is 0.829. The topological polar surface area (TPSA) is 38.9 Å². The minimum atomic E-state index is -0.241. The fourth-order valence-corrected chi connectivity index (χ4v) is 1.97. The van der Waals surface area contributed by atoms with Crippen LogP contribution in [0.2, 0.25) is 0 Å². The van der Waals surface area contributed by atoms with E-state index in [0.717, 1.165) is 16.7 Å². The number of anilines is 1. The first-order valence-electron chi connectivity index (χ1n) is 5.90. The molecule has 1 aromatic carbocycles. The predicted molar refractivity (Wildman–Crippen MR) is 72.7 cm³/mol. The molecule has 2 aromatic rings. The first-order valence-corrected chi connectivity index (χ1v) is 5.90. The van der Waals surface area contributed by atoms with E-state index in [-0.39, 0.29) is 11.2 Å². The maximum Gasteiger partial charge on any atom is 0.123 e. The summed E-state index contributed by atoms with van der Waals surface area (Å²) in [4.78, 5) is 4.06.